The first-order valence-corrected chi connectivity index (χ1v) is 5.26. The minimum absolute atomic E-state index is 0.0303. The van der Waals surface area contributed by atoms with E-state index >= 15 is 0 Å². The van der Waals surface area contributed by atoms with Gasteiger partial charge in [0.25, 0.3) is 0 Å². The molecule has 0 aromatic heterocycles. The number of hydrogen-bond donors (Lipinski definition) is 2. The maximum absolute atomic E-state index is 10.5. The van der Waals surface area contributed by atoms with Crippen molar-refractivity contribution < 1.29 is 10.2 Å². The Morgan fingerprint density at radius 3 is 2.81 bits per heavy atom. The van der Waals surface area contributed by atoms with Crippen molar-refractivity contribution >= 4 is 5.57 Å². The topological polar surface area (TPSA) is 69.9 Å². The Morgan fingerprint density at radius 2 is 2.12 bits per heavy atom. The smallest absolute Gasteiger partial charge is 0.126 e. The largest absolute Gasteiger partial charge is 0.508 e. The molecular weight excluding hydrogens is 206 g/mol. The van der Waals surface area contributed by atoms with E-state index in [2.05, 4.69) is 5.18 Å². The van der Waals surface area contributed by atoms with E-state index in [9.17, 15) is 15.1 Å². The van der Waals surface area contributed by atoms with Crippen LogP contribution in [0.25, 0.3) is 5.57 Å². The molecule has 2 rings (SSSR count). The summed E-state index contributed by atoms with van der Waals surface area (Å²) in [4.78, 5) is 10.5. The van der Waals surface area contributed by atoms with E-state index in [0.29, 0.717) is 5.56 Å². The molecule has 0 bridgehead atoms. The molecule has 4 nitrogen and oxygen atoms in total. The van der Waals surface area contributed by atoms with Gasteiger partial charge in [-0.05, 0) is 37.0 Å². The Bertz CT molecular complexity index is 440. The molecule has 0 radical (unpaired) electrons. The molecular formula is C12H13NO3. The van der Waals surface area contributed by atoms with E-state index in [0.717, 1.165) is 24.8 Å². The van der Waals surface area contributed by atoms with Crippen molar-refractivity contribution in [1.82, 2.24) is 0 Å². The van der Waals surface area contributed by atoms with Gasteiger partial charge in [0.05, 0.1) is 0 Å². The molecule has 2 N–H and O–H groups in total. The van der Waals surface area contributed by atoms with E-state index in [1.807, 2.05) is 0 Å². The van der Waals surface area contributed by atoms with Gasteiger partial charge in [0.15, 0.2) is 0 Å². The molecule has 1 unspecified atom stereocenters. The third-order valence-corrected chi connectivity index (χ3v) is 2.80. The van der Waals surface area contributed by atoms with Gasteiger partial charge in [-0.15, -0.1) is 0 Å². The van der Waals surface area contributed by atoms with Crippen LogP contribution in [0.2, 0.25) is 0 Å². The predicted octanol–water partition coefficient (Wildman–Crippen LogP) is 2.80. The predicted molar refractivity (Wildman–Crippen MR) is 61.2 cm³/mol. The van der Waals surface area contributed by atoms with Crippen LogP contribution in [0, 0.1) is 4.91 Å². The lowest BCUT2D eigenvalue weighted by Crippen LogP contribution is -2.06. The molecule has 1 atom stereocenters. The zero-order valence-corrected chi connectivity index (χ0v) is 8.76. The fraction of sp³-hybridized carbons (Fsp3) is 0.333. The first-order valence-electron chi connectivity index (χ1n) is 5.26. The van der Waals surface area contributed by atoms with Gasteiger partial charge in [0.2, 0.25) is 0 Å². The number of nitroso groups, excluding NO2 is 1. The Labute approximate surface area is 93.2 Å². The lowest BCUT2D eigenvalue weighted by atomic mass is 9.91. The van der Waals surface area contributed by atoms with Gasteiger partial charge in [-0.2, -0.15) is 4.91 Å². The molecule has 4 heteroatoms. The molecule has 84 valence electrons. The first-order chi connectivity index (χ1) is 7.70. The molecule has 0 spiro atoms. The number of allylic oxidation sites excluding steroid dienone is 1. The second-order valence-electron chi connectivity index (χ2n) is 3.96. The molecule has 1 aromatic carbocycles. The molecule has 1 aliphatic rings. The van der Waals surface area contributed by atoms with Crippen molar-refractivity contribution in [3.63, 3.8) is 0 Å². The van der Waals surface area contributed by atoms with E-state index in [1.54, 1.807) is 12.1 Å². The molecule has 0 aliphatic heterocycles. The summed E-state index contributed by atoms with van der Waals surface area (Å²) in [5, 5.41) is 21.9. The van der Waals surface area contributed by atoms with Gasteiger partial charge < -0.3 is 10.2 Å². The molecule has 0 fully saturated rings. The van der Waals surface area contributed by atoms with Crippen LogP contribution in [0.5, 0.6) is 11.5 Å². The van der Waals surface area contributed by atoms with E-state index in [-0.39, 0.29) is 17.5 Å². The number of nitrogens with zero attached hydrogens (tertiary/aromatic N) is 1. The van der Waals surface area contributed by atoms with Gasteiger partial charge in [-0.1, -0.05) is 11.3 Å². The van der Waals surface area contributed by atoms with Crippen LogP contribution in [-0.4, -0.2) is 16.3 Å². The fourth-order valence-electron chi connectivity index (χ4n) is 2.00. The van der Waals surface area contributed by atoms with Crippen LogP contribution in [0.4, 0.5) is 0 Å². The van der Waals surface area contributed by atoms with Gasteiger partial charge in [0, 0.05) is 11.6 Å². The van der Waals surface area contributed by atoms with E-state index < -0.39 is 0 Å². The first kappa shape index (κ1) is 10.7. The van der Waals surface area contributed by atoms with E-state index in [1.165, 1.54) is 12.1 Å². The monoisotopic (exact) mass is 219 g/mol. The maximum Gasteiger partial charge on any atom is 0.126 e. The van der Waals surface area contributed by atoms with Crippen LogP contribution in [0.1, 0.15) is 24.8 Å². The van der Waals surface area contributed by atoms with Crippen molar-refractivity contribution in [3.05, 3.63) is 34.7 Å². The average Bonchev–Trinajstić information content (AvgIpc) is 2.29. The number of benzene rings is 1. The second-order valence-corrected chi connectivity index (χ2v) is 3.96. The van der Waals surface area contributed by atoms with Crippen molar-refractivity contribution in [2.45, 2.75) is 25.3 Å². The normalized spacial score (nSPS) is 20.2. The minimum Gasteiger partial charge on any atom is -0.508 e. The van der Waals surface area contributed by atoms with Crippen LogP contribution in [0.15, 0.2) is 29.5 Å². The van der Waals surface area contributed by atoms with Gasteiger partial charge in [-0.3, -0.25) is 0 Å². The average molecular weight is 219 g/mol. The van der Waals surface area contributed by atoms with Crippen LogP contribution in [0.3, 0.4) is 0 Å². The summed E-state index contributed by atoms with van der Waals surface area (Å²) in [5.74, 6) is 0.0699. The zero-order valence-electron chi connectivity index (χ0n) is 8.76. The lowest BCUT2D eigenvalue weighted by molar-refractivity contribution is 0.449. The Hall–Kier alpha value is -1.84. The molecule has 0 heterocycles. The maximum atomic E-state index is 10.5. The minimum atomic E-state index is -0.294. The summed E-state index contributed by atoms with van der Waals surface area (Å²) in [5.41, 5.74) is 1.60. The summed E-state index contributed by atoms with van der Waals surface area (Å²) in [6.45, 7) is 0. The standard InChI is InChI=1S/C12H13NO3/c14-10-4-5-11(12(15)7-10)8-2-1-3-9(6-8)13-16/h4-7,9,14-15H,1-3H2. The lowest BCUT2D eigenvalue weighted by Gasteiger charge is -2.17. The highest BCUT2D eigenvalue weighted by Crippen LogP contribution is 2.34. The molecule has 1 aliphatic carbocycles. The number of phenolic OH excluding ortho intramolecular Hbond substituents is 2. The van der Waals surface area contributed by atoms with Gasteiger partial charge >= 0.3 is 0 Å². The summed E-state index contributed by atoms with van der Waals surface area (Å²) < 4.78 is 0. The summed E-state index contributed by atoms with van der Waals surface area (Å²) >= 11 is 0. The van der Waals surface area contributed by atoms with Crippen LogP contribution in [-0.2, 0) is 0 Å². The van der Waals surface area contributed by atoms with E-state index in [4.69, 9.17) is 0 Å². The Balaban J connectivity index is 2.36. The zero-order chi connectivity index (χ0) is 11.5. The van der Waals surface area contributed by atoms with Crippen molar-refractivity contribution in [2.75, 3.05) is 0 Å². The summed E-state index contributed by atoms with van der Waals surface area (Å²) in [6.07, 6.45) is 4.28. The van der Waals surface area contributed by atoms with Gasteiger partial charge in [0.1, 0.15) is 17.5 Å². The Morgan fingerprint density at radius 1 is 1.31 bits per heavy atom. The molecule has 16 heavy (non-hydrogen) atoms. The molecule has 1 aromatic rings. The quantitative estimate of drug-likeness (QED) is 0.751. The molecule has 0 saturated carbocycles. The van der Waals surface area contributed by atoms with Crippen molar-refractivity contribution in [3.8, 4) is 11.5 Å². The number of hydrogen-bond acceptors (Lipinski definition) is 4. The van der Waals surface area contributed by atoms with Crippen LogP contribution >= 0.6 is 0 Å². The number of rotatable bonds is 2. The summed E-state index contributed by atoms with van der Waals surface area (Å²) in [7, 11) is 0. The highest BCUT2D eigenvalue weighted by molar-refractivity contribution is 5.72. The van der Waals surface area contributed by atoms with Crippen LogP contribution < -0.4 is 0 Å². The highest BCUT2D eigenvalue weighted by atomic mass is 16.3. The SMILES string of the molecule is O=NC1C=C(c2ccc(O)cc2O)CCC1. The third-order valence-electron chi connectivity index (χ3n) is 2.80. The number of phenols is 2. The second kappa shape index (κ2) is 4.35. The Kier molecular flexibility index (Phi) is 2.90. The van der Waals surface area contributed by atoms with Gasteiger partial charge in [-0.25, -0.2) is 0 Å². The summed E-state index contributed by atoms with van der Waals surface area (Å²) in [6, 6.07) is 4.18. The van der Waals surface area contributed by atoms with Crippen molar-refractivity contribution in [2.24, 2.45) is 5.18 Å². The highest BCUT2D eigenvalue weighted by Gasteiger charge is 2.17. The molecule has 0 amide bonds. The van der Waals surface area contributed by atoms with Crippen molar-refractivity contribution in [1.29, 1.82) is 0 Å². The fourth-order valence-corrected chi connectivity index (χ4v) is 2.00. The molecule has 0 saturated heterocycles. The number of aromatic hydroxyl groups is 2. The third kappa shape index (κ3) is 2.05.